The molecule has 0 saturated heterocycles. The van der Waals surface area contributed by atoms with Gasteiger partial charge in [-0.15, -0.1) is 10.2 Å². The maximum absolute atomic E-state index is 11.8. The van der Waals surface area contributed by atoms with Gasteiger partial charge in [0.05, 0.1) is 23.2 Å². The molecule has 0 unspecified atom stereocenters. The maximum atomic E-state index is 11.8. The molecule has 5 rings (SSSR count). The van der Waals surface area contributed by atoms with Crippen LogP contribution >= 0.6 is 0 Å². The van der Waals surface area contributed by atoms with Crippen molar-refractivity contribution in [1.82, 2.24) is 24.3 Å². The Labute approximate surface area is 191 Å². The van der Waals surface area contributed by atoms with E-state index in [-0.39, 0.29) is 25.6 Å². The smallest absolute Gasteiger partial charge is 0.225 e. The van der Waals surface area contributed by atoms with Crippen LogP contribution < -0.4 is 5.73 Å². The Kier molecular flexibility index (Phi) is 5.45. The number of aryl methyl sites for hydroxylation is 1. The van der Waals surface area contributed by atoms with E-state index in [9.17, 15) is 9.90 Å². The molecule has 0 aliphatic heterocycles. The predicted octanol–water partition coefficient (Wildman–Crippen LogP) is 4.63. The van der Waals surface area contributed by atoms with Gasteiger partial charge in [-0.1, -0.05) is 13.5 Å². The van der Waals surface area contributed by atoms with E-state index in [1.54, 1.807) is 6.07 Å². The van der Waals surface area contributed by atoms with Gasteiger partial charge >= 0.3 is 0 Å². The lowest BCUT2D eigenvalue weighted by Gasteiger charge is -2.14. The predicted molar refractivity (Wildman–Crippen MR) is 131 cm³/mol. The third kappa shape index (κ3) is 3.53. The quantitative estimate of drug-likeness (QED) is 0.367. The van der Waals surface area contributed by atoms with Crippen molar-refractivity contribution in [2.75, 3.05) is 0 Å². The van der Waals surface area contributed by atoms with Crippen molar-refractivity contribution in [2.45, 2.75) is 40.7 Å². The molecule has 0 spiro atoms. The molecule has 0 bridgehead atoms. The number of rotatable bonds is 5. The number of nitrogens with one attached hydrogen (secondary N) is 1. The Balaban J connectivity index is 0.00000259. The Morgan fingerprint density at radius 3 is 2.70 bits per heavy atom. The first-order valence-electron chi connectivity index (χ1n) is 10.5. The monoisotopic (exact) mass is 444 g/mol. The maximum Gasteiger partial charge on any atom is 0.225 e. The molecule has 0 saturated carbocycles. The lowest BCUT2D eigenvalue weighted by molar-refractivity contribution is -0.117. The summed E-state index contributed by atoms with van der Waals surface area (Å²) in [5.74, 6) is 0.442. The number of benzene rings is 2. The second-order valence-corrected chi connectivity index (χ2v) is 8.33. The largest absolute Gasteiger partial charge is 0.507 e. The summed E-state index contributed by atoms with van der Waals surface area (Å²) in [7, 11) is 0. The Morgan fingerprint density at radius 2 is 1.97 bits per heavy atom. The molecule has 33 heavy (non-hydrogen) atoms. The minimum absolute atomic E-state index is 0. The van der Waals surface area contributed by atoms with Gasteiger partial charge in [0.1, 0.15) is 11.6 Å². The van der Waals surface area contributed by atoms with E-state index >= 15 is 0 Å². The fraction of sp³-hybridized carbons (Fsp3) is 0.240. The first kappa shape index (κ1) is 22.1. The van der Waals surface area contributed by atoms with Crippen LogP contribution in [0.5, 0.6) is 5.75 Å². The fourth-order valence-corrected chi connectivity index (χ4v) is 4.31. The lowest BCUT2D eigenvalue weighted by Crippen LogP contribution is -2.17. The number of fused-ring (bicyclic) bond motifs is 2. The molecule has 2 aromatic carbocycles. The van der Waals surface area contributed by atoms with Gasteiger partial charge in [-0.2, -0.15) is 0 Å². The zero-order valence-electron chi connectivity index (χ0n) is 18.1. The van der Waals surface area contributed by atoms with Gasteiger partial charge in [-0.05, 0) is 50.6 Å². The van der Waals surface area contributed by atoms with Crippen LogP contribution in [0.2, 0.25) is 0 Å². The number of aromatic amines is 1. The second-order valence-electron chi connectivity index (χ2n) is 8.33. The third-order valence-electron chi connectivity index (χ3n) is 5.85. The summed E-state index contributed by atoms with van der Waals surface area (Å²) in [6.45, 7) is 6.25. The van der Waals surface area contributed by atoms with Crippen LogP contribution in [0, 0.1) is 6.92 Å². The van der Waals surface area contributed by atoms with Crippen molar-refractivity contribution in [1.29, 1.82) is 0 Å². The highest BCUT2D eigenvalue weighted by Crippen LogP contribution is 2.36. The van der Waals surface area contributed by atoms with Crippen LogP contribution in [-0.4, -0.2) is 35.3 Å². The van der Waals surface area contributed by atoms with E-state index in [1.807, 2.05) is 48.1 Å². The first-order chi connectivity index (χ1) is 15.3. The van der Waals surface area contributed by atoms with Crippen LogP contribution in [-0.2, 0) is 11.2 Å². The van der Waals surface area contributed by atoms with Crippen molar-refractivity contribution in [3.63, 3.8) is 0 Å². The van der Waals surface area contributed by atoms with Gasteiger partial charge < -0.3 is 20.4 Å². The summed E-state index contributed by atoms with van der Waals surface area (Å²) in [5.41, 5.74) is 9.81. The van der Waals surface area contributed by atoms with Crippen molar-refractivity contribution in [3.05, 3.63) is 60.2 Å². The summed E-state index contributed by atoms with van der Waals surface area (Å²) in [6.07, 6.45) is 3.87. The fourth-order valence-electron chi connectivity index (χ4n) is 4.31. The molecule has 0 atom stereocenters. The number of carbonyl (C=O) groups excluding carboxylic acids is 1. The minimum atomic E-state index is -0.502. The topological polar surface area (TPSA) is 115 Å². The Hall–Kier alpha value is -4.07. The highest BCUT2D eigenvalue weighted by atomic mass is 16.3. The molecule has 170 valence electrons. The molecule has 0 fully saturated rings. The van der Waals surface area contributed by atoms with E-state index < -0.39 is 5.91 Å². The van der Waals surface area contributed by atoms with Crippen LogP contribution in [0.1, 0.15) is 38.7 Å². The van der Waals surface area contributed by atoms with Crippen LogP contribution in [0.15, 0.2) is 48.8 Å². The standard InChI is InChI=1S/C24H24N6O2.CH4/c1-13(2)29-8-7-15-19(29)5-4-6-20(15)30-23(11-22(25)32)27-28-24(30)17-9-16-14(3)12-26-18(16)10-21(17)31;/h4-10,12-13,26,31H,11H2,1-3H3,(H2,25,32);1H4. The highest BCUT2D eigenvalue weighted by Gasteiger charge is 2.22. The third-order valence-corrected chi connectivity index (χ3v) is 5.85. The number of phenols is 1. The number of hydrogen-bond acceptors (Lipinski definition) is 4. The number of primary amides is 1. The number of aromatic hydroxyl groups is 1. The number of nitrogens with zero attached hydrogens (tertiary/aromatic N) is 4. The Morgan fingerprint density at radius 1 is 1.18 bits per heavy atom. The summed E-state index contributed by atoms with van der Waals surface area (Å²) in [5, 5.41) is 21.4. The summed E-state index contributed by atoms with van der Waals surface area (Å²) in [4.78, 5) is 14.9. The first-order valence-corrected chi connectivity index (χ1v) is 10.5. The van der Waals surface area contributed by atoms with Crippen molar-refractivity contribution < 1.29 is 9.90 Å². The van der Waals surface area contributed by atoms with Crippen molar-refractivity contribution in [3.8, 4) is 22.8 Å². The van der Waals surface area contributed by atoms with Gasteiger partial charge in [0.25, 0.3) is 0 Å². The molecule has 5 aromatic rings. The molecular formula is C25H28N6O2. The van der Waals surface area contributed by atoms with E-state index in [1.165, 1.54) is 0 Å². The normalized spacial score (nSPS) is 11.4. The average Bonchev–Trinajstić information content (AvgIpc) is 3.44. The van der Waals surface area contributed by atoms with Crippen LogP contribution in [0.3, 0.4) is 0 Å². The molecule has 3 heterocycles. The number of carbonyl (C=O) groups is 1. The second kappa shape index (κ2) is 8.12. The number of amides is 1. The zero-order chi connectivity index (χ0) is 22.6. The van der Waals surface area contributed by atoms with Crippen molar-refractivity contribution >= 4 is 27.7 Å². The molecule has 4 N–H and O–H groups in total. The molecule has 0 aliphatic rings. The molecule has 8 nitrogen and oxygen atoms in total. The number of aromatic nitrogens is 5. The number of nitrogens with two attached hydrogens (primary N) is 1. The number of hydrogen-bond donors (Lipinski definition) is 3. The molecular weight excluding hydrogens is 416 g/mol. The van der Waals surface area contributed by atoms with Crippen molar-refractivity contribution in [2.24, 2.45) is 5.73 Å². The van der Waals surface area contributed by atoms with Gasteiger partial charge in [-0.3, -0.25) is 9.36 Å². The SMILES string of the molecule is C.Cc1c[nH]c2cc(O)c(-c3nnc(CC(N)=O)n3-c3cccc4c3ccn4C(C)C)cc12. The highest BCUT2D eigenvalue weighted by molar-refractivity contribution is 5.92. The minimum Gasteiger partial charge on any atom is -0.507 e. The number of phenolic OH excluding ortho intramolecular Hbond substituents is 1. The van der Waals surface area contributed by atoms with E-state index in [0.29, 0.717) is 17.2 Å². The van der Waals surface area contributed by atoms with Gasteiger partial charge in [0.2, 0.25) is 5.91 Å². The summed E-state index contributed by atoms with van der Waals surface area (Å²) < 4.78 is 4.00. The van der Waals surface area contributed by atoms with Crippen LogP contribution in [0.4, 0.5) is 0 Å². The molecule has 1 amide bonds. The lowest BCUT2D eigenvalue weighted by atomic mass is 10.1. The average molecular weight is 445 g/mol. The van der Waals surface area contributed by atoms with Gasteiger partial charge in [-0.25, -0.2) is 0 Å². The molecule has 0 aliphatic carbocycles. The van der Waals surface area contributed by atoms with E-state index in [0.717, 1.165) is 33.1 Å². The molecule has 8 heteroatoms. The number of H-pyrrole nitrogens is 1. The molecule has 3 aromatic heterocycles. The van der Waals surface area contributed by atoms with Gasteiger partial charge in [0.15, 0.2) is 5.82 Å². The van der Waals surface area contributed by atoms with Crippen LogP contribution in [0.25, 0.3) is 38.9 Å². The van der Waals surface area contributed by atoms with E-state index in [2.05, 4.69) is 39.7 Å². The summed E-state index contributed by atoms with van der Waals surface area (Å²) in [6, 6.07) is 11.9. The van der Waals surface area contributed by atoms with E-state index in [4.69, 9.17) is 5.73 Å². The zero-order valence-corrected chi connectivity index (χ0v) is 18.1. The Bertz CT molecular complexity index is 1490. The summed E-state index contributed by atoms with van der Waals surface area (Å²) >= 11 is 0. The molecule has 0 radical (unpaired) electrons. The van der Waals surface area contributed by atoms with Gasteiger partial charge in [0, 0.05) is 40.8 Å².